The highest BCUT2D eigenvalue weighted by molar-refractivity contribution is 5.81. The van der Waals surface area contributed by atoms with Crippen LogP contribution in [0.2, 0.25) is 0 Å². The maximum absolute atomic E-state index is 4.60. The van der Waals surface area contributed by atoms with Crippen molar-refractivity contribution in [2.45, 2.75) is 263 Å². The lowest BCUT2D eigenvalue weighted by Gasteiger charge is -2.20. The summed E-state index contributed by atoms with van der Waals surface area (Å²) in [6.07, 6.45) is 2.08. The summed E-state index contributed by atoms with van der Waals surface area (Å²) in [5, 5.41) is 18.4. The van der Waals surface area contributed by atoms with Gasteiger partial charge in [-0.3, -0.25) is 9.36 Å². The Morgan fingerprint density at radius 2 is 0.837 bits per heavy atom. The number of aromatic nitrogens is 13. The fraction of sp³-hybridized carbons (Fsp3) is 0.644. The average Bonchev–Trinajstić information content (AvgIpc) is 2.28. The summed E-state index contributed by atoms with van der Waals surface area (Å²) >= 11 is 0. The van der Waals surface area contributed by atoms with Crippen molar-refractivity contribution in [1.82, 2.24) is 62.6 Å². The largest absolute Gasteiger partial charge is 0.354 e. The van der Waals surface area contributed by atoms with Crippen LogP contribution in [0.15, 0.2) is 66.9 Å². The zero-order valence-corrected chi connectivity index (χ0v) is 62.2. The third-order valence-electron chi connectivity index (χ3n) is 15.1. The van der Waals surface area contributed by atoms with Crippen molar-refractivity contribution in [3.05, 3.63) is 142 Å². The molecular formula is C73H125N13. The minimum absolute atomic E-state index is 0.0290. The summed E-state index contributed by atoms with van der Waals surface area (Å²) in [6, 6.07) is 21.7. The van der Waals surface area contributed by atoms with Crippen LogP contribution in [-0.2, 0) is 98.1 Å². The number of fused-ring (bicyclic) bond motifs is 1. The molecule has 1 aromatic carbocycles. The fourth-order valence-corrected chi connectivity index (χ4v) is 9.95. The first-order valence-corrected chi connectivity index (χ1v) is 31.1. The highest BCUT2D eigenvalue weighted by Gasteiger charge is 2.28. The van der Waals surface area contributed by atoms with Crippen molar-refractivity contribution in [2.24, 2.45) is 49.3 Å². The number of hydrogen-bond acceptors (Lipinski definition) is 6. The lowest BCUT2D eigenvalue weighted by Crippen LogP contribution is -2.18. The summed E-state index contributed by atoms with van der Waals surface area (Å²) in [5.41, 5.74) is 13.1. The van der Waals surface area contributed by atoms with E-state index in [-0.39, 0.29) is 48.7 Å². The van der Waals surface area contributed by atoms with Crippen molar-refractivity contribution in [3.63, 3.8) is 0 Å². The predicted octanol–water partition coefficient (Wildman–Crippen LogP) is 17.6. The molecule has 0 aliphatic rings. The molecular weight excluding hydrogens is 1060 g/mol. The molecule has 0 saturated heterocycles. The molecule has 0 N–H and O–H groups in total. The molecule has 86 heavy (non-hydrogen) atoms. The molecule has 0 unspecified atom stereocenters. The van der Waals surface area contributed by atoms with Gasteiger partial charge in [-0.1, -0.05) is 205 Å². The molecule has 0 atom stereocenters. The summed E-state index contributed by atoms with van der Waals surface area (Å²) in [5.74, 6) is 5.13. The van der Waals surface area contributed by atoms with Crippen LogP contribution in [0.4, 0.5) is 0 Å². The lowest BCUT2D eigenvalue weighted by atomic mass is 9.88. The zero-order chi connectivity index (χ0) is 67.2. The van der Waals surface area contributed by atoms with E-state index in [2.05, 4.69) is 351 Å². The number of aryl methyl sites for hydroxylation is 7. The van der Waals surface area contributed by atoms with Gasteiger partial charge in [0, 0.05) is 144 Å². The van der Waals surface area contributed by atoms with Gasteiger partial charge >= 0.3 is 0 Å². The summed E-state index contributed by atoms with van der Waals surface area (Å²) in [7, 11) is 14.4. The van der Waals surface area contributed by atoms with Crippen molar-refractivity contribution >= 4 is 10.9 Å². The van der Waals surface area contributed by atoms with E-state index in [0.717, 1.165) is 34.8 Å². The van der Waals surface area contributed by atoms with Gasteiger partial charge in [-0.25, -0.2) is 9.97 Å². The molecule has 0 aliphatic carbocycles. The van der Waals surface area contributed by atoms with Gasteiger partial charge < -0.3 is 22.8 Å². The summed E-state index contributed by atoms with van der Waals surface area (Å²) in [4.78, 5) is 9.15. The Morgan fingerprint density at radius 1 is 0.349 bits per heavy atom. The minimum atomic E-state index is 0.0290. The van der Waals surface area contributed by atoms with E-state index in [4.69, 9.17) is 0 Å². The van der Waals surface area contributed by atoms with Crippen molar-refractivity contribution in [1.29, 1.82) is 0 Å². The average molecular weight is 1180 g/mol. The number of imidazole rings is 1. The second kappa shape index (κ2) is 28.0. The van der Waals surface area contributed by atoms with Gasteiger partial charge in [-0.2, -0.15) is 10.2 Å². The Morgan fingerprint density at radius 3 is 1.09 bits per heavy atom. The van der Waals surface area contributed by atoms with Crippen LogP contribution in [-0.4, -0.2) is 62.6 Å². The Bertz CT molecular complexity index is 3250. The van der Waals surface area contributed by atoms with E-state index in [9.17, 15) is 0 Å². The molecule has 8 rings (SSSR count). The number of rotatable bonds is 0. The highest BCUT2D eigenvalue weighted by atomic mass is 15.3. The molecule has 13 nitrogen and oxygen atoms in total. The Balaban J connectivity index is 0.000000343. The molecule has 0 amide bonds. The van der Waals surface area contributed by atoms with Crippen LogP contribution in [0.1, 0.15) is 262 Å². The predicted molar refractivity (Wildman–Crippen MR) is 369 cm³/mol. The summed E-state index contributed by atoms with van der Waals surface area (Å²) < 4.78 is 14.8. The van der Waals surface area contributed by atoms with Crippen LogP contribution in [0.5, 0.6) is 0 Å². The topological polar surface area (TPSA) is 112 Å². The number of benzene rings is 1. The molecule has 13 heteroatoms. The molecule has 0 saturated carbocycles. The molecule has 0 aliphatic heterocycles. The Kier molecular flexibility index (Phi) is 24.8. The monoisotopic (exact) mass is 1180 g/mol. The van der Waals surface area contributed by atoms with Gasteiger partial charge in [0.2, 0.25) is 0 Å². The van der Waals surface area contributed by atoms with Crippen LogP contribution >= 0.6 is 0 Å². The number of hydrogen-bond donors (Lipinski definition) is 0. The van der Waals surface area contributed by atoms with Gasteiger partial charge in [0.15, 0.2) is 5.82 Å². The Labute approximate surface area is 525 Å². The first-order chi connectivity index (χ1) is 38.4. The van der Waals surface area contributed by atoms with Crippen LogP contribution in [0, 0.1) is 27.7 Å². The highest BCUT2D eigenvalue weighted by Crippen LogP contribution is 2.31. The van der Waals surface area contributed by atoms with Gasteiger partial charge in [-0.05, 0) is 75.5 Å². The summed E-state index contributed by atoms with van der Waals surface area (Å²) in [6.45, 7) is 67.5. The second-order valence-electron chi connectivity index (χ2n) is 33.0. The van der Waals surface area contributed by atoms with Gasteiger partial charge in [0.05, 0.1) is 11.4 Å². The first-order valence-electron chi connectivity index (χ1n) is 31.1. The molecule has 482 valence electrons. The van der Waals surface area contributed by atoms with E-state index in [1.54, 1.807) is 0 Å². The van der Waals surface area contributed by atoms with Gasteiger partial charge in [-0.15, -0.1) is 10.2 Å². The van der Waals surface area contributed by atoms with Crippen molar-refractivity contribution in [3.8, 4) is 0 Å². The normalized spacial score (nSPS) is 12.5. The van der Waals surface area contributed by atoms with E-state index < -0.39 is 0 Å². The van der Waals surface area contributed by atoms with E-state index in [1.807, 2.05) is 42.0 Å². The molecule has 7 heterocycles. The maximum Gasteiger partial charge on any atom is 0.156 e. The van der Waals surface area contributed by atoms with Crippen LogP contribution in [0.3, 0.4) is 0 Å². The van der Waals surface area contributed by atoms with E-state index >= 15 is 0 Å². The quantitative estimate of drug-likeness (QED) is 0.150. The molecule has 0 bridgehead atoms. The molecule has 0 fully saturated rings. The number of para-hydroxylation sites is 1. The van der Waals surface area contributed by atoms with E-state index in [1.165, 1.54) is 50.8 Å². The zero-order valence-electron chi connectivity index (χ0n) is 62.2. The SMILES string of the molecule is Cc1ccc(C(C)(C)C)n1C.Cc1nc(C(C)(C)C)n(C)c1C.Cc1nnc(C(C)(C)C)n1C.Cn1c(C(C)(C)C)cc2ccccc21.Cn1cccc1C(C)(C)C.Cn1nc(C(C)(C)C)cc1C(C)(C)C.Cn1nc(C(C)(C)C)nc1C(C)(C)C. The second-order valence-corrected chi connectivity index (χ2v) is 33.0. The number of nitrogens with zero attached hydrogens (tertiary/aromatic N) is 13. The smallest absolute Gasteiger partial charge is 0.156 e. The molecule has 0 spiro atoms. The third kappa shape index (κ3) is 21.4. The van der Waals surface area contributed by atoms with Gasteiger partial charge in [0.25, 0.3) is 0 Å². The maximum atomic E-state index is 4.60. The molecule has 8 aromatic rings. The minimum Gasteiger partial charge on any atom is -0.354 e. The van der Waals surface area contributed by atoms with Crippen molar-refractivity contribution in [2.75, 3.05) is 0 Å². The first kappa shape index (κ1) is 76.1. The lowest BCUT2D eigenvalue weighted by molar-refractivity contribution is 0.506. The van der Waals surface area contributed by atoms with Crippen LogP contribution < -0.4 is 0 Å². The molecule has 0 radical (unpaired) electrons. The fourth-order valence-electron chi connectivity index (χ4n) is 9.95. The van der Waals surface area contributed by atoms with Crippen LogP contribution in [0.25, 0.3) is 10.9 Å². The molecule has 7 aromatic heterocycles. The van der Waals surface area contributed by atoms with E-state index in [0.29, 0.717) is 0 Å². The van der Waals surface area contributed by atoms with Crippen molar-refractivity contribution < 1.29 is 0 Å². The van der Waals surface area contributed by atoms with Gasteiger partial charge in [0.1, 0.15) is 23.3 Å². The Hall–Kier alpha value is -5.98. The standard InChI is InChI=1S/C13H17N.C12H22N2.C11H21N3.C10H18N2.C10H17N.C9H15N.C8H15N3/c1-13(2,3)12-9-10-7-5-6-8-11(10)14(12)4;1-11(2,3)9-8-10(12(4,5)6)14(7)13-9;1-10(2,3)8-12-9(11(4,5)6)14(7)13-8;1-7-8(2)12(6)9(11-7)10(3,4)5;1-8-6-7-9(11(8)5)10(2,3)4;1-9(2,3)8-6-5-7-10(8)4;1-6-9-10-7(11(6)5)8(2,3)4/h5-9H,1-4H3;8H,1-7H3;1-7H3;1-6H3;6-7H,1-5H3;5-7H,1-4H3;1-5H3. The third-order valence-corrected chi connectivity index (χ3v) is 15.1.